The lowest BCUT2D eigenvalue weighted by molar-refractivity contribution is -0.143. The molecule has 8 heteroatoms. The molecule has 2 aromatic rings. The predicted octanol–water partition coefficient (Wildman–Crippen LogP) is 2.08. The maximum atomic E-state index is 13.6. The smallest absolute Gasteiger partial charge is 0.274 e. The van der Waals surface area contributed by atoms with Crippen molar-refractivity contribution >= 4 is 17.5 Å². The number of anilines is 1. The molecule has 2 aliphatic rings. The van der Waals surface area contributed by atoms with Crippen LogP contribution in [-0.2, 0) is 16.1 Å². The summed E-state index contributed by atoms with van der Waals surface area (Å²) in [6.45, 7) is 4.07. The van der Waals surface area contributed by atoms with Crippen molar-refractivity contribution in [1.29, 1.82) is 0 Å². The second kappa shape index (κ2) is 7.35. The lowest BCUT2D eigenvalue weighted by Crippen LogP contribution is -2.59. The van der Waals surface area contributed by atoms with Crippen LogP contribution in [0.25, 0.3) is 0 Å². The van der Waals surface area contributed by atoms with E-state index in [4.69, 9.17) is 4.74 Å². The van der Waals surface area contributed by atoms with Crippen LogP contribution < -0.4 is 4.90 Å². The summed E-state index contributed by atoms with van der Waals surface area (Å²) in [5, 5.41) is 4.28. The third-order valence-electron chi connectivity index (χ3n) is 5.51. The largest absolute Gasteiger partial charge is 0.363 e. The summed E-state index contributed by atoms with van der Waals surface area (Å²) in [6, 6.07) is 7.77. The number of aryl methyl sites for hydroxylation is 1. The minimum Gasteiger partial charge on any atom is -0.363 e. The molecule has 7 nitrogen and oxygen atoms in total. The van der Waals surface area contributed by atoms with Crippen molar-refractivity contribution in [3.8, 4) is 0 Å². The van der Waals surface area contributed by atoms with Gasteiger partial charge in [-0.3, -0.25) is 14.3 Å². The van der Waals surface area contributed by atoms with Gasteiger partial charge in [0.2, 0.25) is 0 Å². The van der Waals surface area contributed by atoms with Crippen LogP contribution in [0.3, 0.4) is 0 Å². The number of hydrogen-bond acceptors (Lipinski definition) is 4. The number of carbonyl (C=O) groups excluding carboxylic acids is 2. The zero-order valence-electron chi connectivity index (χ0n) is 15.8. The maximum absolute atomic E-state index is 13.6. The summed E-state index contributed by atoms with van der Waals surface area (Å²) in [5.41, 5.74) is 0.468. The summed E-state index contributed by atoms with van der Waals surface area (Å²) in [5.74, 6) is -0.645. The number of rotatable bonds is 3. The van der Waals surface area contributed by atoms with E-state index in [9.17, 15) is 14.0 Å². The van der Waals surface area contributed by atoms with Crippen molar-refractivity contribution in [3.63, 3.8) is 0 Å². The van der Waals surface area contributed by atoms with Gasteiger partial charge in [-0.05, 0) is 44.0 Å². The van der Waals surface area contributed by atoms with Gasteiger partial charge in [0.15, 0.2) is 0 Å². The first-order chi connectivity index (χ1) is 13.5. The normalized spacial score (nSPS) is 19.3. The second-order valence-electron chi connectivity index (χ2n) is 7.28. The van der Waals surface area contributed by atoms with E-state index in [1.807, 2.05) is 6.92 Å². The van der Waals surface area contributed by atoms with Gasteiger partial charge < -0.3 is 14.5 Å². The molecule has 1 aromatic carbocycles. The van der Waals surface area contributed by atoms with Crippen LogP contribution in [0.2, 0.25) is 0 Å². The number of aromatic nitrogens is 2. The Morgan fingerprint density at radius 1 is 1.29 bits per heavy atom. The first-order valence-electron chi connectivity index (χ1n) is 9.52. The third kappa shape index (κ3) is 3.52. The molecule has 2 saturated heterocycles. The summed E-state index contributed by atoms with van der Waals surface area (Å²) in [6.07, 6.45) is 3.03. The number of benzene rings is 1. The van der Waals surface area contributed by atoms with Gasteiger partial charge in [-0.15, -0.1) is 0 Å². The van der Waals surface area contributed by atoms with Gasteiger partial charge in [-0.2, -0.15) is 5.10 Å². The Morgan fingerprint density at radius 2 is 2.07 bits per heavy atom. The van der Waals surface area contributed by atoms with Gasteiger partial charge in [-0.1, -0.05) is 6.07 Å². The number of piperidine rings is 1. The molecule has 0 aliphatic carbocycles. The Balaban J connectivity index is 1.44. The fourth-order valence-corrected chi connectivity index (χ4v) is 3.83. The average molecular weight is 386 g/mol. The molecule has 0 atom stereocenters. The molecule has 1 spiro atoms. The highest BCUT2D eigenvalue weighted by Crippen LogP contribution is 2.33. The molecule has 0 unspecified atom stereocenters. The average Bonchev–Trinajstić information content (AvgIpc) is 3.19. The highest BCUT2D eigenvalue weighted by molar-refractivity contribution is 5.95. The monoisotopic (exact) mass is 386 g/mol. The molecular formula is C20H23FN4O3. The van der Waals surface area contributed by atoms with E-state index in [0.717, 1.165) is 0 Å². The van der Waals surface area contributed by atoms with E-state index in [1.54, 1.807) is 38.9 Å². The fraction of sp³-hybridized carbons (Fsp3) is 0.450. The van der Waals surface area contributed by atoms with Crippen molar-refractivity contribution in [2.45, 2.75) is 31.9 Å². The number of likely N-dealkylation sites (tertiary alicyclic amines) is 1. The van der Waals surface area contributed by atoms with Crippen molar-refractivity contribution in [1.82, 2.24) is 14.7 Å². The molecule has 0 radical (unpaired) electrons. The van der Waals surface area contributed by atoms with Gasteiger partial charge in [0.05, 0.1) is 12.1 Å². The summed E-state index contributed by atoms with van der Waals surface area (Å²) < 4.78 is 21.2. The molecule has 0 bridgehead atoms. The number of hydrogen-bond donors (Lipinski definition) is 0. The molecule has 2 aliphatic heterocycles. The zero-order valence-corrected chi connectivity index (χ0v) is 15.8. The number of nitrogens with zero attached hydrogens (tertiary/aromatic N) is 4. The highest BCUT2D eigenvalue weighted by atomic mass is 19.1. The van der Waals surface area contributed by atoms with Crippen LogP contribution in [0.4, 0.5) is 10.1 Å². The minimum absolute atomic E-state index is 0.0363. The van der Waals surface area contributed by atoms with Gasteiger partial charge >= 0.3 is 0 Å². The van der Waals surface area contributed by atoms with E-state index in [2.05, 4.69) is 5.10 Å². The summed E-state index contributed by atoms with van der Waals surface area (Å²) >= 11 is 0. The SMILES string of the molecule is CCn1ccc(C(=O)N2CCC3(CC2)CN(c2cccc(F)c2)C(=O)CO3)n1. The Kier molecular flexibility index (Phi) is 4.89. The topological polar surface area (TPSA) is 67.7 Å². The lowest BCUT2D eigenvalue weighted by atomic mass is 9.89. The van der Waals surface area contributed by atoms with Gasteiger partial charge in [0.1, 0.15) is 18.1 Å². The van der Waals surface area contributed by atoms with Crippen LogP contribution >= 0.6 is 0 Å². The van der Waals surface area contributed by atoms with Gasteiger partial charge in [0, 0.05) is 31.5 Å². The van der Waals surface area contributed by atoms with E-state index in [1.165, 1.54) is 12.1 Å². The first-order valence-corrected chi connectivity index (χ1v) is 9.52. The van der Waals surface area contributed by atoms with Crippen LogP contribution in [0.5, 0.6) is 0 Å². The molecule has 2 amide bonds. The van der Waals surface area contributed by atoms with E-state index in [-0.39, 0.29) is 24.2 Å². The number of halogens is 1. The molecule has 28 heavy (non-hydrogen) atoms. The van der Waals surface area contributed by atoms with Crippen molar-refractivity contribution < 1.29 is 18.7 Å². The van der Waals surface area contributed by atoms with E-state index >= 15 is 0 Å². The zero-order chi connectivity index (χ0) is 19.7. The molecular weight excluding hydrogens is 363 g/mol. The summed E-state index contributed by atoms with van der Waals surface area (Å²) in [7, 11) is 0. The van der Waals surface area contributed by atoms with Crippen LogP contribution in [0, 0.1) is 5.82 Å². The third-order valence-corrected chi connectivity index (χ3v) is 5.51. The Labute approximate surface area is 162 Å². The Hall–Kier alpha value is -2.74. The molecule has 4 rings (SSSR count). The molecule has 0 saturated carbocycles. The van der Waals surface area contributed by atoms with E-state index in [0.29, 0.717) is 50.4 Å². The fourth-order valence-electron chi connectivity index (χ4n) is 3.83. The number of morpholine rings is 1. The van der Waals surface area contributed by atoms with Gasteiger partial charge in [0.25, 0.3) is 11.8 Å². The van der Waals surface area contributed by atoms with Crippen LogP contribution in [0.1, 0.15) is 30.3 Å². The standard InChI is InChI=1S/C20H23FN4O3/c1-2-24-9-6-17(22-24)19(27)23-10-7-20(8-11-23)14-25(18(26)13-28-20)16-5-3-4-15(21)12-16/h3-6,9,12H,2,7-8,10-11,13-14H2,1H3. The lowest BCUT2D eigenvalue weighted by Gasteiger charge is -2.46. The van der Waals surface area contributed by atoms with Gasteiger partial charge in [-0.25, -0.2) is 4.39 Å². The summed E-state index contributed by atoms with van der Waals surface area (Å²) in [4.78, 5) is 28.4. The predicted molar refractivity (Wildman–Crippen MR) is 100 cm³/mol. The minimum atomic E-state index is -0.514. The molecule has 1 aromatic heterocycles. The highest BCUT2D eigenvalue weighted by Gasteiger charge is 2.43. The first kappa shape index (κ1) is 18.6. The van der Waals surface area contributed by atoms with Crippen LogP contribution in [0.15, 0.2) is 36.5 Å². The number of amides is 2. The molecule has 148 valence electrons. The van der Waals surface area contributed by atoms with Crippen molar-refractivity contribution in [3.05, 3.63) is 48.0 Å². The van der Waals surface area contributed by atoms with Crippen LogP contribution in [-0.4, -0.2) is 58.3 Å². The van der Waals surface area contributed by atoms with Crippen molar-refractivity contribution in [2.24, 2.45) is 0 Å². The number of ether oxygens (including phenoxy) is 1. The van der Waals surface area contributed by atoms with Crippen molar-refractivity contribution in [2.75, 3.05) is 31.1 Å². The molecule has 3 heterocycles. The number of carbonyl (C=O) groups is 2. The molecule has 2 fully saturated rings. The quantitative estimate of drug-likeness (QED) is 0.810. The Morgan fingerprint density at radius 3 is 2.75 bits per heavy atom. The maximum Gasteiger partial charge on any atom is 0.274 e. The Bertz CT molecular complexity index is 889. The molecule has 0 N–H and O–H groups in total. The van der Waals surface area contributed by atoms with E-state index < -0.39 is 5.60 Å². The second-order valence-corrected chi connectivity index (χ2v) is 7.28.